The fourth-order valence-electron chi connectivity index (χ4n) is 1.55. The van der Waals surface area contributed by atoms with E-state index in [1.807, 2.05) is 0 Å². The molecule has 1 heterocycles. The summed E-state index contributed by atoms with van der Waals surface area (Å²) in [5, 5.41) is 3.79. The molecule has 100 valence electrons. The molecule has 2 rings (SSSR count). The summed E-state index contributed by atoms with van der Waals surface area (Å²) in [6.07, 6.45) is 0. The van der Waals surface area contributed by atoms with Crippen LogP contribution in [0.1, 0.15) is 0 Å². The standard InChI is InChI=1S/C12H10Cl3N3O/c1-16-10-5-9(17-12(15)18-10)7-3-6(19-2)4-8(13)11(7)14/h3-5H,1-2H3,(H,16,17,18). The number of nitrogens with zero attached hydrogens (tertiary/aromatic N) is 2. The Hall–Kier alpha value is -1.23. The molecule has 1 aromatic carbocycles. The molecule has 0 amide bonds. The third-order valence-corrected chi connectivity index (χ3v) is 3.44. The summed E-state index contributed by atoms with van der Waals surface area (Å²) >= 11 is 18.1. The molecule has 19 heavy (non-hydrogen) atoms. The lowest BCUT2D eigenvalue weighted by molar-refractivity contribution is 0.415. The summed E-state index contributed by atoms with van der Waals surface area (Å²) in [5.74, 6) is 1.18. The molecular weight excluding hydrogens is 309 g/mol. The second-order valence-electron chi connectivity index (χ2n) is 3.63. The van der Waals surface area contributed by atoms with E-state index in [9.17, 15) is 0 Å². The Labute approximate surface area is 125 Å². The van der Waals surface area contributed by atoms with Crippen molar-refractivity contribution in [3.8, 4) is 17.0 Å². The second-order valence-corrected chi connectivity index (χ2v) is 4.75. The molecule has 0 spiro atoms. The highest BCUT2D eigenvalue weighted by atomic mass is 35.5. The van der Waals surface area contributed by atoms with E-state index in [2.05, 4.69) is 15.3 Å². The number of rotatable bonds is 3. The maximum absolute atomic E-state index is 6.19. The molecule has 0 radical (unpaired) electrons. The highest BCUT2D eigenvalue weighted by Crippen LogP contribution is 2.37. The summed E-state index contributed by atoms with van der Waals surface area (Å²) in [5.41, 5.74) is 1.20. The van der Waals surface area contributed by atoms with E-state index in [4.69, 9.17) is 39.5 Å². The minimum atomic E-state index is 0.122. The van der Waals surface area contributed by atoms with Crippen molar-refractivity contribution >= 4 is 40.6 Å². The summed E-state index contributed by atoms with van der Waals surface area (Å²) in [7, 11) is 3.29. The summed E-state index contributed by atoms with van der Waals surface area (Å²) in [4.78, 5) is 8.15. The summed E-state index contributed by atoms with van der Waals surface area (Å²) in [6.45, 7) is 0. The van der Waals surface area contributed by atoms with Crippen LogP contribution in [0.15, 0.2) is 18.2 Å². The van der Waals surface area contributed by atoms with Crippen LogP contribution in [0.2, 0.25) is 15.3 Å². The molecule has 0 saturated carbocycles. The number of aromatic nitrogens is 2. The number of benzene rings is 1. The summed E-state index contributed by atoms with van der Waals surface area (Å²) in [6, 6.07) is 5.10. The van der Waals surface area contributed by atoms with Gasteiger partial charge >= 0.3 is 0 Å². The van der Waals surface area contributed by atoms with Gasteiger partial charge in [0.2, 0.25) is 5.28 Å². The molecule has 0 aliphatic carbocycles. The van der Waals surface area contributed by atoms with E-state index in [1.54, 1.807) is 32.4 Å². The first-order valence-electron chi connectivity index (χ1n) is 5.31. The van der Waals surface area contributed by atoms with Crippen LogP contribution in [0.5, 0.6) is 5.75 Å². The molecule has 0 unspecified atom stereocenters. The molecule has 7 heteroatoms. The monoisotopic (exact) mass is 317 g/mol. The van der Waals surface area contributed by atoms with Crippen molar-refractivity contribution in [2.45, 2.75) is 0 Å². The number of nitrogens with one attached hydrogen (secondary N) is 1. The van der Waals surface area contributed by atoms with E-state index in [-0.39, 0.29) is 5.28 Å². The van der Waals surface area contributed by atoms with E-state index in [1.165, 1.54) is 0 Å². The van der Waals surface area contributed by atoms with Crippen LogP contribution in [0.25, 0.3) is 11.3 Å². The van der Waals surface area contributed by atoms with E-state index in [0.29, 0.717) is 32.9 Å². The van der Waals surface area contributed by atoms with Crippen LogP contribution in [0.3, 0.4) is 0 Å². The van der Waals surface area contributed by atoms with Crippen LogP contribution < -0.4 is 10.1 Å². The molecule has 0 saturated heterocycles. The zero-order valence-electron chi connectivity index (χ0n) is 10.2. The first-order valence-corrected chi connectivity index (χ1v) is 6.44. The van der Waals surface area contributed by atoms with Crippen molar-refractivity contribution in [1.82, 2.24) is 9.97 Å². The van der Waals surface area contributed by atoms with Gasteiger partial charge in [-0.3, -0.25) is 0 Å². The van der Waals surface area contributed by atoms with Gasteiger partial charge in [-0.15, -0.1) is 0 Å². The van der Waals surface area contributed by atoms with Gasteiger partial charge in [-0.1, -0.05) is 23.2 Å². The van der Waals surface area contributed by atoms with Gasteiger partial charge in [0, 0.05) is 24.7 Å². The molecule has 0 bridgehead atoms. The number of methoxy groups -OCH3 is 1. The normalized spacial score (nSPS) is 10.4. The number of hydrogen-bond donors (Lipinski definition) is 1. The highest BCUT2D eigenvalue weighted by Gasteiger charge is 2.13. The SMILES string of the molecule is CNc1cc(-c2cc(OC)cc(Cl)c2Cl)nc(Cl)n1. The zero-order valence-corrected chi connectivity index (χ0v) is 12.4. The van der Waals surface area contributed by atoms with Crippen LogP contribution in [0.4, 0.5) is 5.82 Å². The van der Waals surface area contributed by atoms with E-state index in [0.717, 1.165) is 0 Å². The van der Waals surface area contributed by atoms with Gasteiger partial charge < -0.3 is 10.1 Å². The molecule has 0 aliphatic heterocycles. The second kappa shape index (κ2) is 5.82. The maximum atomic E-state index is 6.19. The lowest BCUT2D eigenvalue weighted by Gasteiger charge is -2.10. The maximum Gasteiger partial charge on any atom is 0.224 e. The van der Waals surface area contributed by atoms with Gasteiger partial charge in [0.25, 0.3) is 0 Å². The first-order chi connectivity index (χ1) is 9.05. The highest BCUT2D eigenvalue weighted by molar-refractivity contribution is 6.43. The lowest BCUT2D eigenvalue weighted by Crippen LogP contribution is -1.97. The molecule has 1 N–H and O–H groups in total. The molecule has 0 fully saturated rings. The van der Waals surface area contributed by atoms with Crippen molar-refractivity contribution in [2.24, 2.45) is 0 Å². The van der Waals surface area contributed by atoms with Gasteiger partial charge in [0.05, 0.1) is 22.8 Å². The predicted octanol–water partition coefficient (Wildman–Crippen LogP) is 4.15. The van der Waals surface area contributed by atoms with Crippen LogP contribution in [-0.4, -0.2) is 24.1 Å². The molecule has 4 nitrogen and oxygen atoms in total. The quantitative estimate of drug-likeness (QED) is 0.863. The fourth-order valence-corrected chi connectivity index (χ4v) is 2.15. The topological polar surface area (TPSA) is 47.0 Å². The van der Waals surface area contributed by atoms with Crippen molar-refractivity contribution in [2.75, 3.05) is 19.5 Å². The molecule has 1 aromatic heterocycles. The van der Waals surface area contributed by atoms with Gasteiger partial charge in [0.15, 0.2) is 0 Å². The average Bonchev–Trinajstić information content (AvgIpc) is 2.40. The predicted molar refractivity (Wildman–Crippen MR) is 78.6 cm³/mol. The molecule has 0 atom stereocenters. The Kier molecular flexibility index (Phi) is 4.34. The molecule has 0 aliphatic rings. The average molecular weight is 319 g/mol. The lowest BCUT2D eigenvalue weighted by atomic mass is 10.1. The number of ether oxygens (including phenoxy) is 1. The third kappa shape index (κ3) is 3.03. The Morgan fingerprint density at radius 3 is 2.47 bits per heavy atom. The first kappa shape index (κ1) is 14.2. The smallest absolute Gasteiger partial charge is 0.224 e. The van der Waals surface area contributed by atoms with Gasteiger partial charge in [-0.25, -0.2) is 9.97 Å². The number of hydrogen-bond acceptors (Lipinski definition) is 4. The van der Waals surface area contributed by atoms with Crippen molar-refractivity contribution in [1.29, 1.82) is 0 Å². The Bertz CT molecular complexity index is 619. The van der Waals surface area contributed by atoms with E-state index >= 15 is 0 Å². The van der Waals surface area contributed by atoms with Crippen molar-refractivity contribution < 1.29 is 4.74 Å². The molecule has 2 aromatic rings. The van der Waals surface area contributed by atoms with Crippen LogP contribution >= 0.6 is 34.8 Å². The van der Waals surface area contributed by atoms with Gasteiger partial charge in [-0.05, 0) is 17.7 Å². The fraction of sp³-hybridized carbons (Fsp3) is 0.167. The van der Waals surface area contributed by atoms with Crippen LogP contribution in [-0.2, 0) is 0 Å². The molecular formula is C12H10Cl3N3O. The van der Waals surface area contributed by atoms with Gasteiger partial charge in [0.1, 0.15) is 11.6 Å². The number of halogens is 3. The Morgan fingerprint density at radius 1 is 1.11 bits per heavy atom. The van der Waals surface area contributed by atoms with E-state index < -0.39 is 0 Å². The largest absolute Gasteiger partial charge is 0.497 e. The van der Waals surface area contributed by atoms with Crippen molar-refractivity contribution in [3.63, 3.8) is 0 Å². The zero-order chi connectivity index (χ0) is 14.0. The Morgan fingerprint density at radius 2 is 1.84 bits per heavy atom. The third-order valence-electron chi connectivity index (χ3n) is 2.47. The minimum absolute atomic E-state index is 0.122. The minimum Gasteiger partial charge on any atom is -0.497 e. The van der Waals surface area contributed by atoms with Crippen LogP contribution in [0, 0.1) is 0 Å². The number of anilines is 1. The van der Waals surface area contributed by atoms with Gasteiger partial charge in [-0.2, -0.15) is 0 Å². The Balaban J connectivity index is 2.63. The summed E-state index contributed by atoms with van der Waals surface area (Å²) < 4.78 is 5.16. The van der Waals surface area contributed by atoms with Crippen molar-refractivity contribution in [3.05, 3.63) is 33.5 Å².